The van der Waals surface area contributed by atoms with E-state index in [2.05, 4.69) is 31.9 Å². The van der Waals surface area contributed by atoms with Crippen molar-refractivity contribution in [3.8, 4) is 5.75 Å². The van der Waals surface area contributed by atoms with Crippen molar-refractivity contribution in [2.24, 2.45) is 0 Å². The molecule has 0 saturated heterocycles. The fourth-order valence-corrected chi connectivity index (χ4v) is 1.48. The van der Waals surface area contributed by atoms with E-state index in [-0.39, 0.29) is 5.75 Å². The Morgan fingerprint density at radius 3 is 2.30 bits per heavy atom. The van der Waals surface area contributed by atoms with Crippen molar-refractivity contribution < 1.29 is 5.11 Å². The van der Waals surface area contributed by atoms with Crippen molar-refractivity contribution >= 4 is 43.5 Å². The molecule has 0 spiro atoms. The summed E-state index contributed by atoms with van der Waals surface area (Å²) in [5.74, 6) is 0.177. The Morgan fingerprint density at radius 1 is 1.20 bits per heavy atom. The maximum Gasteiger partial charge on any atom is 0.130 e. The van der Waals surface area contributed by atoms with E-state index in [1.54, 1.807) is 6.07 Å². The molecule has 0 aliphatic heterocycles. The summed E-state index contributed by atoms with van der Waals surface area (Å²) in [7, 11) is 0. The molecule has 54 valence electrons. The molecule has 0 fully saturated rings. The Kier molecular flexibility index (Phi) is 2.61. The van der Waals surface area contributed by atoms with Crippen LogP contribution in [0.2, 0.25) is 5.02 Å². The Morgan fingerprint density at radius 2 is 1.80 bits per heavy atom. The van der Waals surface area contributed by atoms with E-state index < -0.39 is 0 Å². The van der Waals surface area contributed by atoms with Crippen LogP contribution in [0.25, 0.3) is 0 Å². The van der Waals surface area contributed by atoms with Crippen LogP contribution in [-0.2, 0) is 0 Å². The third-order valence-corrected chi connectivity index (χ3v) is 2.82. The monoisotopic (exact) mass is 284 g/mol. The Labute approximate surface area is 80.3 Å². The molecule has 0 aliphatic rings. The summed E-state index contributed by atoms with van der Waals surface area (Å²) < 4.78 is 1.29. The van der Waals surface area contributed by atoms with Crippen molar-refractivity contribution in [3.05, 3.63) is 26.1 Å². The van der Waals surface area contributed by atoms with Gasteiger partial charge in [-0.05, 0) is 44.0 Å². The molecular weight excluding hydrogens is 283 g/mol. The molecule has 10 heavy (non-hydrogen) atoms. The largest absolute Gasteiger partial charge is 0.507 e. The second kappa shape index (κ2) is 3.11. The van der Waals surface area contributed by atoms with Crippen LogP contribution in [0.5, 0.6) is 5.75 Å². The average molecular weight is 286 g/mol. The number of benzene rings is 1. The van der Waals surface area contributed by atoms with Crippen molar-refractivity contribution in [1.82, 2.24) is 0 Å². The lowest BCUT2D eigenvalue weighted by atomic mass is 10.3. The lowest BCUT2D eigenvalue weighted by molar-refractivity contribution is 0.471. The van der Waals surface area contributed by atoms with Gasteiger partial charge in [-0.25, -0.2) is 0 Å². The zero-order valence-corrected chi connectivity index (χ0v) is 8.66. The van der Waals surface area contributed by atoms with Crippen molar-refractivity contribution in [2.75, 3.05) is 0 Å². The maximum atomic E-state index is 9.09. The van der Waals surface area contributed by atoms with Crippen molar-refractivity contribution in [2.45, 2.75) is 0 Å². The maximum absolute atomic E-state index is 9.09. The second-order valence-corrected chi connectivity index (χ2v) is 3.83. The Balaban J connectivity index is 3.28. The first-order chi connectivity index (χ1) is 4.61. The number of halogens is 3. The number of phenols is 1. The van der Waals surface area contributed by atoms with E-state index in [1.165, 1.54) is 6.07 Å². The molecule has 0 amide bonds. The van der Waals surface area contributed by atoms with Crippen LogP contribution < -0.4 is 0 Å². The average Bonchev–Trinajstić information content (AvgIpc) is 1.84. The van der Waals surface area contributed by atoms with Gasteiger partial charge < -0.3 is 5.11 Å². The molecule has 1 N–H and O–H groups in total. The predicted molar refractivity (Wildman–Crippen MR) is 48.5 cm³/mol. The van der Waals surface area contributed by atoms with E-state index >= 15 is 0 Å². The molecule has 0 aliphatic carbocycles. The van der Waals surface area contributed by atoms with E-state index in [4.69, 9.17) is 16.7 Å². The first-order valence-corrected chi connectivity index (χ1v) is 4.41. The van der Waals surface area contributed by atoms with Gasteiger partial charge in [0.1, 0.15) is 5.75 Å². The van der Waals surface area contributed by atoms with Crippen molar-refractivity contribution in [1.29, 1.82) is 0 Å². The van der Waals surface area contributed by atoms with E-state index in [9.17, 15) is 0 Å². The third kappa shape index (κ3) is 1.65. The van der Waals surface area contributed by atoms with Crippen LogP contribution >= 0.6 is 43.5 Å². The van der Waals surface area contributed by atoms with E-state index in [0.29, 0.717) is 14.0 Å². The molecule has 4 heteroatoms. The molecule has 0 atom stereocenters. The summed E-state index contributed by atoms with van der Waals surface area (Å²) in [4.78, 5) is 0. The van der Waals surface area contributed by atoms with Crippen LogP contribution in [-0.4, -0.2) is 5.11 Å². The lowest BCUT2D eigenvalue weighted by Gasteiger charge is -1.98. The highest BCUT2D eigenvalue weighted by Gasteiger charge is 2.02. The van der Waals surface area contributed by atoms with Gasteiger partial charge in [-0.2, -0.15) is 0 Å². The third-order valence-electron chi connectivity index (χ3n) is 0.990. The molecule has 0 radical (unpaired) electrons. The van der Waals surface area contributed by atoms with Crippen LogP contribution in [0.15, 0.2) is 21.1 Å². The normalized spacial score (nSPS) is 9.90. The molecule has 1 aromatic carbocycles. The van der Waals surface area contributed by atoms with Gasteiger partial charge in [0.25, 0.3) is 0 Å². The minimum Gasteiger partial charge on any atom is -0.507 e. The van der Waals surface area contributed by atoms with Gasteiger partial charge >= 0.3 is 0 Å². The number of rotatable bonds is 0. The SMILES string of the molecule is Oc1cc(Br)c(Cl)cc1Br. The van der Waals surface area contributed by atoms with Crippen LogP contribution in [0, 0.1) is 0 Å². The summed E-state index contributed by atoms with van der Waals surface area (Å²) in [5.41, 5.74) is 0. The van der Waals surface area contributed by atoms with Crippen LogP contribution in [0.1, 0.15) is 0 Å². The predicted octanol–water partition coefficient (Wildman–Crippen LogP) is 3.57. The molecular formula is C6H3Br2ClO. The minimum absolute atomic E-state index is 0.177. The van der Waals surface area contributed by atoms with Gasteiger partial charge in [0.15, 0.2) is 0 Å². The quantitative estimate of drug-likeness (QED) is 0.723. The van der Waals surface area contributed by atoms with Crippen LogP contribution in [0.4, 0.5) is 0 Å². The highest BCUT2D eigenvalue weighted by Crippen LogP contribution is 2.33. The van der Waals surface area contributed by atoms with Crippen molar-refractivity contribution in [3.63, 3.8) is 0 Å². The fourth-order valence-electron chi connectivity index (χ4n) is 0.512. The molecule has 1 nitrogen and oxygen atoms in total. The zero-order chi connectivity index (χ0) is 7.72. The molecule has 1 aromatic rings. The Bertz CT molecular complexity index is 212. The van der Waals surface area contributed by atoms with E-state index in [0.717, 1.165) is 0 Å². The van der Waals surface area contributed by atoms with Gasteiger partial charge in [0.2, 0.25) is 0 Å². The zero-order valence-electron chi connectivity index (χ0n) is 4.74. The number of hydrogen-bond acceptors (Lipinski definition) is 1. The lowest BCUT2D eigenvalue weighted by Crippen LogP contribution is -1.71. The van der Waals surface area contributed by atoms with Gasteiger partial charge in [-0.1, -0.05) is 11.6 Å². The van der Waals surface area contributed by atoms with E-state index in [1.807, 2.05) is 0 Å². The topological polar surface area (TPSA) is 20.2 Å². The number of phenolic OH excluding ortho intramolecular Hbond substituents is 1. The minimum atomic E-state index is 0.177. The molecule has 0 aromatic heterocycles. The molecule has 0 unspecified atom stereocenters. The van der Waals surface area contributed by atoms with Gasteiger partial charge in [-0.3, -0.25) is 0 Å². The molecule has 1 rings (SSSR count). The Hall–Kier alpha value is 0.270. The molecule has 0 heterocycles. The highest BCUT2D eigenvalue weighted by molar-refractivity contribution is 9.11. The number of hydrogen-bond donors (Lipinski definition) is 1. The smallest absolute Gasteiger partial charge is 0.130 e. The van der Waals surface area contributed by atoms with Gasteiger partial charge in [0.05, 0.1) is 9.50 Å². The molecule has 0 saturated carbocycles. The first-order valence-electron chi connectivity index (χ1n) is 2.45. The summed E-state index contributed by atoms with van der Waals surface area (Å²) in [6.45, 7) is 0. The van der Waals surface area contributed by atoms with Gasteiger partial charge in [-0.15, -0.1) is 0 Å². The fraction of sp³-hybridized carbons (Fsp3) is 0. The standard InChI is InChI=1S/C6H3Br2ClO/c7-3-2-6(10)4(8)1-5(3)9/h1-2,10H. The number of aromatic hydroxyl groups is 1. The molecule has 0 bridgehead atoms. The summed E-state index contributed by atoms with van der Waals surface area (Å²) in [5, 5.41) is 9.66. The van der Waals surface area contributed by atoms with Crippen LogP contribution in [0.3, 0.4) is 0 Å². The summed E-state index contributed by atoms with van der Waals surface area (Å²) >= 11 is 12.0. The second-order valence-electron chi connectivity index (χ2n) is 1.72. The van der Waals surface area contributed by atoms with Gasteiger partial charge in [0, 0.05) is 4.47 Å². The summed E-state index contributed by atoms with van der Waals surface area (Å²) in [6.07, 6.45) is 0. The highest BCUT2D eigenvalue weighted by atomic mass is 79.9. The first kappa shape index (κ1) is 8.37. The summed E-state index contributed by atoms with van der Waals surface area (Å²) in [6, 6.07) is 3.16.